The van der Waals surface area contributed by atoms with Gasteiger partial charge in [0.05, 0.1) is 13.7 Å². The van der Waals surface area contributed by atoms with Crippen LogP contribution in [0.4, 0.5) is 0 Å². The number of methoxy groups -OCH3 is 1. The van der Waals surface area contributed by atoms with Crippen molar-refractivity contribution in [1.82, 2.24) is 10.6 Å². The SMILES string of the molecule is CCNC(=NCCCOc1cccc(OC)c1)NC1CCCSC1.I. The molecule has 1 atom stereocenters. The van der Waals surface area contributed by atoms with Gasteiger partial charge in [0.25, 0.3) is 0 Å². The molecule has 0 amide bonds. The van der Waals surface area contributed by atoms with E-state index < -0.39 is 0 Å². The lowest BCUT2D eigenvalue weighted by atomic mass is 10.2. The monoisotopic (exact) mass is 479 g/mol. The van der Waals surface area contributed by atoms with Gasteiger partial charge in [0.1, 0.15) is 11.5 Å². The predicted molar refractivity (Wildman–Crippen MR) is 118 cm³/mol. The summed E-state index contributed by atoms with van der Waals surface area (Å²) < 4.78 is 10.9. The number of guanidine groups is 1. The maximum absolute atomic E-state index is 5.75. The van der Waals surface area contributed by atoms with Crippen LogP contribution in [0.25, 0.3) is 0 Å². The zero-order valence-electron chi connectivity index (χ0n) is 15.1. The normalized spacial score (nSPS) is 17.4. The first-order valence-electron chi connectivity index (χ1n) is 8.71. The number of rotatable bonds is 8. The van der Waals surface area contributed by atoms with Crippen LogP contribution >= 0.6 is 35.7 Å². The van der Waals surface area contributed by atoms with Gasteiger partial charge in [0.15, 0.2) is 5.96 Å². The lowest BCUT2D eigenvalue weighted by Gasteiger charge is -2.24. The molecule has 1 aliphatic rings. The van der Waals surface area contributed by atoms with E-state index in [2.05, 4.69) is 22.5 Å². The number of ether oxygens (including phenoxy) is 2. The highest BCUT2D eigenvalue weighted by Gasteiger charge is 2.14. The van der Waals surface area contributed by atoms with Gasteiger partial charge in [-0.05, 0) is 37.7 Å². The van der Waals surface area contributed by atoms with Crippen molar-refractivity contribution < 1.29 is 9.47 Å². The minimum atomic E-state index is 0. The van der Waals surface area contributed by atoms with Crippen LogP contribution in [0.5, 0.6) is 11.5 Å². The summed E-state index contributed by atoms with van der Waals surface area (Å²) in [6.07, 6.45) is 3.40. The Kier molecular flexibility index (Phi) is 11.9. The van der Waals surface area contributed by atoms with Crippen molar-refractivity contribution in [3.8, 4) is 11.5 Å². The van der Waals surface area contributed by atoms with Crippen LogP contribution in [0.2, 0.25) is 0 Å². The Labute approximate surface area is 172 Å². The Morgan fingerprint density at radius 3 is 2.92 bits per heavy atom. The summed E-state index contributed by atoms with van der Waals surface area (Å²) in [6.45, 7) is 4.37. The number of nitrogens with one attached hydrogen (secondary N) is 2. The zero-order valence-corrected chi connectivity index (χ0v) is 18.3. The van der Waals surface area contributed by atoms with Crippen LogP contribution in [-0.4, -0.2) is 50.3 Å². The average molecular weight is 479 g/mol. The zero-order chi connectivity index (χ0) is 17.0. The summed E-state index contributed by atoms with van der Waals surface area (Å²) in [7, 11) is 1.66. The number of halogens is 1. The third-order valence-electron chi connectivity index (χ3n) is 3.73. The standard InChI is InChI=1S/C18H29N3O2S.HI/c1-3-19-18(21-15-7-5-12-24-14-15)20-10-6-11-23-17-9-4-8-16(13-17)22-2;/h4,8-9,13,15H,3,5-7,10-12,14H2,1-2H3,(H2,19,20,21);1H. The number of aliphatic imine (C=N–C) groups is 1. The van der Waals surface area contributed by atoms with E-state index >= 15 is 0 Å². The van der Waals surface area contributed by atoms with Crippen molar-refractivity contribution in [2.75, 3.05) is 38.3 Å². The average Bonchev–Trinajstić information content (AvgIpc) is 2.62. The molecule has 0 spiro atoms. The van der Waals surface area contributed by atoms with Gasteiger partial charge in [-0.1, -0.05) is 6.07 Å². The third kappa shape index (κ3) is 8.89. The Hall–Kier alpha value is -0.830. The van der Waals surface area contributed by atoms with E-state index in [-0.39, 0.29) is 24.0 Å². The van der Waals surface area contributed by atoms with Gasteiger partial charge in [0, 0.05) is 37.4 Å². The van der Waals surface area contributed by atoms with Crippen LogP contribution in [-0.2, 0) is 0 Å². The lowest BCUT2D eigenvalue weighted by molar-refractivity contribution is 0.311. The molecule has 1 heterocycles. The van der Waals surface area contributed by atoms with Gasteiger partial charge in [-0.3, -0.25) is 4.99 Å². The summed E-state index contributed by atoms with van der Waals surface area (Å²) >= 11 is 2.02. The van der Waals surface area contributed by atoms with Crippen LogP contribution in [0.15, 0.2) is 29.3 Å². The first kappa shape index (κ1) is 22.2. The fourth-order valence-electron chi connectivity index (χ4n) is 2.50. The van der Waals surface area contributed by atoms with Gasteiger partial charge in [-0.15, -0.1) is 24.0 Å². The second-order valence-electron chi connectivity index (χ2n) is 5.70. The molecule has 25 heavy (non-hydrogen) atoms. The van der Waals surface area contributed by atoms with Gasteiger partial charge in [-0.2, -0.15) is 11.8 Å². The Morgan fingerprint density at radius 1 is 1.36 bits per heavy atom. The molecule has 1 aromatic rings. The number of hydrogen-bond donors (Lipinski definition) is 2. The van der Waals surface area contributed by atoms with Gasteiger partial charge >= 0.3 is 0 Å². The van der Waals surface area contributed by atoms with E-state index in [0.29, 0.717) is 12.6 Å². The first-order chi connectivity index (χ1) is 11.8. The first-order valence-corrected chi connectivity index (χ1v) is 9.86. The summed E-state index contributed by atoms with van der Waals surface area (Å²) in [5.74, 6) is 5.03. The molecular weight excluding hydrogens is 449 g/mol. The molecule has 1 fully saturated rings. The molecule has 1 saturated heterocycles. The quantitative estimate of drug-likeness (QED) is 0.259. The molecule has 0 bridgehead atoms. The molecule has 0 aromatic heterocycles. The fraction of sp³-hybridized carbons (Fsp3) is 0.611. The van der Waals surface area contributed by atoms with Crippen molar-refractivity contribution in [3.05, 3.63) is 24.3 Å². The Balaban J connectivity index is 0.00000312. The van der Waals surface area contributed by atoms with Crippen LogP contribution in [0.1, 0.15) is 26.2 Å². The topological polar surface area (TPSA) is 54.9 Å². The highest BCUT2D eigenvalue weighted by Crippen LogP contribution is 2.19. The van der Waals surface area contributed by atoms with E-state index in [1.54, 1.807) is 7.11 Å². The molecule has 5 nitrogen and oxygen atoms in total. The largest absolute Gasteiger partial charge is 0.497 e. The van der Waals surface area contributed by atoms with E-state index in [9.17, 15) is 0 Å². The molecule has 142 valence electrons. The second kappa shape index (κ2) is 13.4. The highest BCUT2D eigenvalue weighted by molar-refractivity contribution is 14.0. The number of benzene rings is 1. The molecular formula is C18H30IN3O2S. The van der Waals surface area contributed by atoms with Crippen LogP contribution in [0.3, 0.4) is 0 Å². The molecule has 0 saturated carbocycles. The molecule has 1 aromatic carbocycles. The maximum Gasteiger partial charge on any atom is 0.191 e. The minimum absolute atomic E-state index is 0. The van der Waals surface area contributed by atoms with Gasteiger partial charge in [0.2, 0.25) is 0 Å². The van der Waals surface area contributed by atoms with Crippen molar-refractivity contribution in [3.63, 3.8) is 0 Å². The predicted octanol–water partition coefficient (Wildman–Crippen LogP) is 3.53. The molecule has 2 rings (SSSR count). The molecule has 2 N–H and O–H groups in total. The lowest BCUT2D eigenvalue weighted by Crippen LogP contribution is -2.45. The maximum atomic E-state index is 5.75. The second-order valence-corrected chi connectivity index (χ2v) is 6.85. The van der Waals surface area contributed by atoms with Crippen molar-refractivity contribution >= 4 is 41.7 Å². The van der Waals surface area contributed by atoms with E-state index in [1.165, 1.54) is 24.3 Å². The van der Waals surface area contributed by atoms with Gasteiger partial charge < -0.3 is 20.1 Å². The molecule has 0 aliphatic carbocycles. The smallest absolute Gasteiger partial charge is 0.191 e. The molecule has 1 unspecified atom stereocenters. The fourth-order valence-corrected chi connectivity index (χ4v) is 3.58. The van der Waals surface area contributed by atoms with Crippen molar-refractivity contribution in [1.29, 1.82) is 0 Å². The molecule has 7 heteroatoms. The van der Waals surface area contributed by atoms with E-state index in [4.69, 9.17) is 9.47 Å². The molecule has 1 aliphatic heterocycles. The summed E-state index contributed by atoms with van der Waals surface area (Å²) in [4.78, 5) is 4.65. The summed E-state index contributed by atoms with van der Waals surface area (Å²) in [5.41, 5.74) is 0. The third-order valence-corrected chi connectivity index (χ3v) is 4.94. The Morgan fingerprint density at radius 2 is 2.20 bits per heavy atom. The van der Waals surface area contributed by atoms with Gasteiger partial charge in [-0.25, -0.2) is 0 Å². The number of nitrogens with zero attached hydrogens (tertiary/aromatic N) is 1. The summed E-state index contributed by atoms with van der Waals surface area (Å²) in [6, 6.07) is 8.22. The molecule has 0 radical (unpaired) electrons. The number of thioether (sulfide) groups is 1. The van der Waals surface area contributed by atoms with Crippen LogP contribution in [0, 0.1) is 0 Å². The van der Waals surface area contributed by atoms with E-state index in [0.717, 1.165) is 37.0 Å². The highest BCUT2D eigenvalue weighted by atomic mass is 127. The Bertz CT molecular complexity index is 511. The van der Waals surface area contributed by atoms with E-state index in [1.807, 2.05) is 36.0 Å². The number of hydrogen-bond acceptors (Lipinski definition) is 4. The summed E-state index contributed by atoms with van der Waals surface area (Å²) in [5, 5.41) is 6.87. The van der Waals surface area contributed by atoms with Crippen molar-refractivity contribution in [2.45, 2.75) is 32.2 Å². The van der Waals surface area contributed by atoms with Crippen molar-refractivity contribution in [2.24, 2.45) is 4.99 Å². The minimum Gasteiger partial charge on any atom is -0.497 e. The van der Waals surface area contributed by atoms with Crippen LogP contribution < -0.4 is 20.1 Å².